The molecule has 6 heteroatoms. The zero-order valence-electron chi connectivity index (χ0n) is 61.1. The molecule has 0 bridgehead atoms. The monoisotopic (exact) mass is 1260 g/mol. The second-order valence-corrected chi connectivity index (χ2v) is 28.4. The van der Waals surface area contributed by atoms with Gasteiger partial charge in [-0.2, -0.15) is 0 Å². The number of carbonyl (C=O) groups is 2. The molecule has 3 N–H and O–H groups in total. The Kier molecular flexibility index (Phi) is 77.8. The second kappa shape index (κ2) is 79.5. The van der Waals surface area contributed by atoms with Crippen LogP contribution in [0.3, 0.4) is 0 Å². The van der Waals surface area contributed by atoms with Crippen molar-refractivity contribution in [3.63, 3.8) is 0 Å². The summed E-state index contributed by atoms with van der Waals surface area (Å²) < 4.78 is 5.50. The standard InChI is InChI=1S/C84H161NO5/c1-3-5-7-9-11-13-15-17-19-21-22-23-24-36-39-42-45-48-52-56-60-64-68-72-76-82(87)81(80-86)85-83(88)77-73-69-65-61-57-53-49-46-43-40-37-34-32-30-28-26-25-27-29-31-33-35-38-41-44-47-51-55-59-63-67-71-75-79-90-84(89)78-74-70-66-62-58-54-50-20-18-16-14-12-10-8-6-4-2/h20,29,31,50,72,76,81-82,86-87H,3-19,21-28,30,32-49,51-71,73-75,77-80H2,1-2H3,(H,85,88)/b31-29-,50-20-,76-72+. The smallest absolute Gasteiger partial charge is 0.305 e. The van der Waals surface area contributed by atoms with E-state index in [1.165, 1.54) is 392 Å². The lowest BCUT2D eigenvalue weighted by molar-refractivity contribution is -0.143. The molecule has 0 saturated carbocycles. The van der Waals surface area contributed by atoms with Crippen molar-refractivity contribution in [2.45, 2.75) is 475 Å². The molecule has 2 unspecified atom stereocenters. The van der Waals surface area contributed by atoms with E-state index in [0.717, 1.165) is 44.9 Å². The Morgan fingerprint density at radius 3 is 0.789 bits per heavy atom. The van der Waals surface area contributed by atoms with Crippen molar-refractivity contribution in [3.8, 4) is 0 Å². The normalized spacial score (nSPS) is 12.6. The van der Waals surface area contributed by atoms with Crippen LogP contribution in [0.1, 0.15) is 463 Å². The van der Waals surface area contributed by atoms with Gasteiger partial charge in [0, 0.05) is 12.8 Å². The van der Waals surface area contributed by atoms with E-state index in [0.29, 0.717) is 19.4 Å². The van der Waals surface area contributed by atoms with Gasteiger partial charge in [0.05, 0.1) is 25.4 Å². The van der Waals surface area contributed by atoms with Gasteiger partial charge >= 0.3 is 5.97 Å². The lowest BCUT2D eigenvalue weighted by Gasteiger charge is -2.20. The number of nitrogens with one attached hydrogen (secondary N) is 1. The van der Waals surface area contributed by atoms with Crippen molar-refractivity contribution in [1.29, 1.82) is 0 Å². The quantitative estimate of drug-likeness (QED) is 0.0320. The van der Waals surface area contributed by atoms with Gasteiger partial charge in [-0.15, -0.1) is 0 Å². The molecule has 0 aliphatic rings. The lowest BCUT2D eigenvalue weighted by atomic mass is 10.0. The maximum absolute atomic E-state index is 12.6. The minimum absolute atomic E-state index is 0.0119. The van der Waals surface area contributed by atoms with Crippen LogP contribution in [0.15, 0.2) is 36.5 Å². The van der Waals surface area contributed by atoms with E-state index >= 15 is 0 Å². The van der Waals surface area contributed by atoms with Crippen molar-refractivity contribution >= 4 is 11.9 Å². The van der Waals surface area contributed by atoms with Crippen molar-refractivity contribution in [3.05, 3.63) is 36.5 Å². The number of amides is 1. The molecule has 532 valence electrons. The maximum atomic E-state index is 12.6. The first-order chi connectivity index (χ1) is 44.5. The van der Waals surface area contributed by atoms with E-state index < -0.39 is 12.1 Å². The van der Waals surface area contributed by atoms with Gasteiger partial charge in [0.25, 0.3) is 0 Å². The van der Waals surface area contributed by atoms with Crippen LogP contribution in [0.25, 0.3) is 0 Å². The topological polar surface area (TPSA) is 95.9 Å². The highest BCUT2D eigenvalue weighted by Gasteiger charge is 2.18. The van der Waals surface area contributed by atoms with Crippen molar-refractivity contribution in [2.75, 3.05) is 13.2 Å². The van der Waals surface area contributed by atoms with Gasteiger partial charge in [-0.25, -0.2) is 0 Å². The molecule has 0 fully saturated rings. The third-order valence-corrected chi connectivity index (χ3v) is 19.4. The van der Waals surface area contributed by atoms with Crippen LogP contribution in [-0.2, 0) is 14.3 Å². The molecule has 0 aliphatic heterocycles. The molecule has 0 saturated heterocycles. The molecule has 0 heterocycles. The minimum Gasteiger partial charge on any atom is -0.466 e. The van der Waals surface area contributed by atoms with Gasteiger partial charge in [-0.1, -0.05) is 403 Å². The highest BCUT2D eigenvalue weighted by atomic mass is 16.5. The predicted molar refractivity (Wildman–Crippen MR) is 398 cm³/mol. The average molecular weight is 1270 g/mol. The van der Waals surface area contributed by atoms with Crippen LogP contribution < -0.4 is 5.32 Å². The summed E-state index contributed by atoms with van der Waals surface area (Å²) in [7, 11) is 0. The molecule has 0 aromatic carbocycles. The third kappa shape index (κ3) is 75.1. The molecule has 90 heavy (non-hydrogen) atoms. The zero-order chi connectivity index (χ0) is 64.9. The summed E-state index contributed by atoms with van der Waals surface area (Å²) in [5.41, 5.74) is 0. The number of hydrogen-bond acceptors (Lipinski definition) is 5. The zero-order valence-corrected chi connectivity index (χ0v) is 61.1. The van der Waals surface area contributed by atoms with E-state index in [1.54, 1.807) is 6.08 Å². The molecule has 0 aliphatic carbocycles. The number of ether oxygens (including phenoxy) is 1. The summed E-state index contributed by atoms with van der Waals surface area (Å²) in [4.78, 5) is 24.7. The van der Waals surface area contributed by atoms with Crippen LogP contribution in [0.4, 0.5) is 0 Å². The van der Waals surface area contributed by atoms with E-state index in [9.17, 15) is 19.8 Å². The first-order valence-electron chi connectivity index (χ1n) is 41.3. The largest absolute Gasteiger partial charge is 0.466 e. The number of rotatable bonds is 78. The average Bonchev–Trinajstić information content (AvgIpc) is 3.68. The Morgan fingerprint density at radius 2 is 0.522 bits per heavy atom. The van der Waals surface area contributed by atoms with E-state index in [1.807, 2.05) is 6.08 Å². The Balaban J connectivity index is 3.37. The summed E-state index contributed by atoms with van der Waals surface area (Å²) in [6.45, 7) is 4.95. The number of aliphatic hydroxyl groups excluding tert-OH is 2. The Morgan fingerprint density at radius 1 is 0.300 bits per heavy atom. The molecule has 0 aromatic rings. The van der Waals surface area contributed by atoms with Gasteiger partial charge in [-0.05, 0) is 83.5 Å². The van der Waals surface area contributed by atoms with Crippen molar-refractivity contribution in [2.24, 2.45) is 0 Å². The molecular weight excluding hydrogens is 1100 g/mol. The number of esters is 1. The van der Waals surface area contributed by atoms with Crippen LogP contribution in [0.2, 0.25) is 0 Å². The number of unbranched alkanes of at least 4 members (excludes halogenated alkanes) is 63. The first-order valence-corrected chi connectivity index (χ1v) is 41.3. The number of carbonyl (C=O) groups excluding carboxylic acids is 2. The predicted octanol–water partition coefficient (Wildman–Crippen LogP) is 27.4. The van der Waals surface area contributed by atoms with Gasteiger partial charge in [0.1, 0.15) is 0 Å². The van der Waals surface area contributed by atoms with Crippen LogP contribution in [0, 0.1) is 0 Å². The van der Waals surface area contributed by atoms with Gasteiger partial charge < -0.3 is 20.3 Å². The highest BCUT2D eigenvalue weighted by Crippen LogP contribution is 2.20. The molecule has 0 rings (SSSR count). The Hall–Kier alpha value is -1.92. The SMILES string of the molecule is CCCCCCCCC/C=C\CCCCCCCC(=O)OCCCCCCCCCCCCCC/C=C\CCCCCCCCCCCCCCCCCCCC(=O)NC(CO)C(O)/C=C/CCCCCCCCCCCCCCCCCCCCCCCC. The molecule has 0 spiro atoms. The lowest BCUT2D eigenvalue weighted by Crippen LogP contribution is -2.45. The summed E-state index contributed by atoms with van der Waals surface area (Å²) in [6, 6.07) is -0.627. The molecular formula is C84H161NO5. The van der Waals surface area contributed by atoms with E-state index in [-0.39, 0.29) is 18.5 Å². The van der Waals surface area contributed by atoms with Crippen LogP contribution in [-0.4, -0.2) is 47.4 Å². The van der Waals surface area contributed by atoms with E-state index in [4.69, 9.17) is 4.74 Å². The molecule has 1 amide bonds. The van der Waals surface area contributed by atoms with Crippen LogP contribution in [0.5, 0.6) is 0 Å². The van der Waals surface area contributed by atoms with Gasteiger partial charge in [0.2, 0.25) is 5.91 Å². The molecule has 6 nitrogen and oxygen atoms in total. The fourth-order valence-corrected chi connectivity index (χ4v) is 13.1. The maximum Gasteiger partial charge on any atom is 0.305 e. The fourth-order valence-electron chi connectivity index (χ4n) is 13.1. The van der Waals surface area contributed by atoms with E-state index in [2.05, 4.69) is 43.5 Å². The van der Waals surface area contributed by atoms with Crippen molar-refractivity contribution in [1.82, 2.24) is 5.32 Å². The molecule has 0 radical (unpaired) electrons. The Labute approximate surface area is 564 Å². The fraction of sp³-hybridized carbons (Fsp3) is 0.905. The highest BCUT2D eigenvalue weighted by molar-refractivity contribution is 5.76. The summed E-state index contributed by atoms with van der Waals surface area (Å²) >= 11 is 0. The number of hydrogen-bond donors (Lipinski definition) is 3. The van der Waals surface area contributed by atoms with Crippen LogP contribution >= 0.6 is 0 Å². The molecule has 2 atom stereocenters. The number of allylic oxidation sites excluding steroid dienone is 5. The first kappa shape index (κ1) is 88.1. The third-order valence-electron chi connectivity index (χ3n) is 19.4. The minimum atomic E-state index is -0.844. The van der Waals surface area contributed by atoms with Gasteiger partial charge in [-0.3, -0.25) is 9.59 Å². The van der Waals surface area contributed by atoms with Gasteiger partial charge in [0.15, 0.2) is 0 Å². The second-order valence-electron chi connectivity index (χ2n) is 28.4. The number of aliphatic hydroxyl groups is 2. The summed E-state index contributed by atoms with van der Waals surface area (Å²) in [5.74, 6) is -0.0478. The van der Waals surface area contributed by atoms with Crippen molar-refractivity contribution < 1.29 is 24.5 Å². The molecule has 0 aromatic heterocycles. The summed E-state index contributed by atoms with van der Waals surface area (Å²) in [5, 5.41) is 23.3. The Bertz CT molecular complexity index is 1460. The summed E-state index contributed by atoms with van der Waals surface area (Å²) in [6.07, 6.45) is 104.